The summed E-state index contributed by atoms with van der Waals surface area (Å²) in [5, 5.41) is 19.1. The van der Waals surface area contributed by atoms with E-state index in [-0.39, 0.29) is 5.82 Å². The second-order valence-electron chi connectivity index (χ2n) is 5.96. The molecule has 1 atom stereocenters. The fraction of sp³-hybridized carbons (Fsp3) is 0.412. The predicted octanol–water partition coefficient (Wildman–Crippen LogP) is 1.96. The lowest BCUT2D eigenvalue weighted by molar-refractivity contribution is -0.144. The Hall–Kier alpha value is -2.43. The van der Waals surface area contributed by atoms with E-state index >= 15 is 0 Å². The monoisotopic (exact) mass is 330 g/mol. The van der Waals surface area contributed by atoms with Crippen LogP contribution in [0.5, 0.6) is 0 Å². The van der Waals surface area contributed by atoms with Crippen molar-refractivity contribution in [2.24, 2.45) is 0 Å². The van der Waals surface area contributed by atoms with Crippen LogP contribution in [0.1, 0.15) is 18.0 Å². The van der Waals surface area contributed by atoms with E-state index < -0.39 is 12.0 Å². The van der Waals surface area contributed by atoms with Crippen LogP contribution in [0, 0.1) is 17.1 Å². The van der Waals surface area contributed by atoms with Gasteiger partial charge in [-0.1, -0.05) is 0 Å². The molecule has 3 rings (SSSR count). The van der Waals surface area contributed by atoms with E-state index in [1.807, 2.05) is 4.90 Å². The molecule has 1 aliphatic rings. The maximum Gasteiger partial charge on any atom is 0.325 e. The smallest absolute Gasteiger partial charge is 0.325 e. The molecule has 1 saturated heterocycles. The highest BCUT2D eigenvalue weighted by atomic mass is 19.1. The zero-order chi connectivity index (χ0) is 17.1. The quantitative estimate of drug-likeness (QED) is 0.876. The van der Waals surface area contributed by atoms with E-state index in [0.717, 1.165) is 18.5 Å². The Bertz CT molecular complexity index is 774. The summed E-state index contributed by atoms with van der Waals surface area (Å²) >= 11 is 0. The van der Waals surface area contributed by atoms with Gasteiger partial charge in [-0.3, -0.25) is 14.6 Å². The predicted molar refractivity (Wildman–Crippen MR) is 86.9 cm³/mol. The lowest BCUT2D eigenvalue weighted by atomic mass is 10.0. The van der Waals surface area contributed by atoms with Crippen molar-refractivity contribution < 1.29 is 14.3 Å². The first kappa shape index (κ1) is 16.4. The average Bonchev–Trinajstić information content (AvgIpc) is 2.97. The third kappa shape index (κ3) is 3.25. The van der Waals surface area contributed by atoms with Gasteiger partial charge in [-0.2, -0.15) is 5.26 Å². The second kappa shape index (κ2) is 6.99. The van der Waals surface area contributed by atoms with Gasteiger partial charge < -0.3 is 10.1 Å². The minimum Gasteiger partial charge on any atom is -0.480 e. The van der Waals surface area contributed by atoms with Gasteiger partial charge in [-0.15, -0.1) is 0 Å². The molecule has 0 unspecified atom stereocenters. The molecule has 126 valence electrons. The van der Waals surface area contributed by atoms with Crippen molar-refractivity contribution in [1.82, 2.24) is 14.8 Å². The van der Waals surface area contributed by atoms with Gasteiger partial charge >= 0.3 is 5.97 Å². The SMILES string of the molecule is N#CCCN1CCN([C@H](C(=O)O)c2c[nH]c3cc(F)ccc23)CC1. The molecule has 1 aliphatic heterocycles. The normalized spacial score (nSPS) is 17.7. The number of fused-ring (bicyclic) bond motifs is 1. The van der Waals surface area contributed by atoms with Crippen LogP contribution in [0.25, 0.3) is 10.9 Å². The maximum absolute atomic E-state index is 13.3. The molecule has 2 N–H and O–H groups in total. The van der Waals surface area contributed by atoms with Crippen molar-refractivity contribution in [2.45, 2.75) is 12.5 Å². The highest BCUT2D eigenvalue weighted by Gasteiger charge is 2.32. The molecule has 0 spiro atoms. The van der Waals surface area contributed by atoms with Crippen LogP contribution in [0.3, 0.4) is 0 Å². The third-order valence-electron chi connectivity index (χ3n) is 4.52. The van der Waals surface area contributed by atoms with Crippen LogP contribution in [-0.2, 0) is 4.79 Å². The maximum atomic E-state index is 13.3. The zero-order valence-corrected chi connectivity index (χ0v) is 13.2. The van der Waals surface area contributed by atoms with Gasteiger partial charge in [0.25, 0.3) is 0 Å². The Morgan fingerprint density at radius 1 is 1.38 bits per heavy atom. The number of aromatic amines is 1. The van der Waals surface area contributed by atoms with E-state index in [0.29, 0.717) is 37.1 Å². The number of H-pyrrole nitrogens is 1. The molecule has 0 radical (unpaired) electrons. The van der Waals surface area contributed by atoms with Gasteiger partial charge in [0.15, 0.2) is 0 Å². The molecule has 7 heteroatoms. The number of carbonyl (C=O) groups is 1. The van der Waals surface area contributed by atoms with Crippen molar-refractivity contribution in [3.8, 4) is 6.07 Å². The van der Waals surface area contributed by atoms with Crippen molar-refractivity contribution in [3.05, 3.63) is 35.8 Å². The zero-order valence-electron chi connectivity index (χ0n) is 13.2. The molecule has 6 nitrogen and oxygen atoms in total. The Morgan fingerprint density at radius 3 is 2.79 bits per heavy atom. The van der Waals surface area contributed by atoms with Crippen LogP contribution in [0.2, 0.25) is 0 Å². The van der Waals surface area contributed by atoms with Gasteiger partial charge in [0, 0.05) is 61.8 Å². The molecule has 1 fully saturated rings. The summed E-state index contributed by atoms with van der Waals surface area (Å²) in [4.78, 5) is 18.9. The van der Waals surface area contributed by atoms with Crippen LogP contribution >= 0.6 is 0 Å². The van der Waals surface area contributed by atoms with E-state index in [2.05, 4.69) is 16.0 Å². The number of nitrogens with one attached hydrogen (secondary N) is 1. The largest absolute Gasteiger partial charge is 0.480 e. The summed E-state index contributed by atoms with van der Waals surface area (Å²) in [5.41, 5.74) is 1.26. The lowest BCUT2D eigenvalue weighted by Gasteiger charge is -2.37. The molecule has 0 saturated carbocycles. The molecular weight excluding hydrogens is 311 g/mol. The van der Waals surface area contributed by atoms with E-state index in [9.17, 15) is 14.3 Å². The number of hydrogen-bond donors (Lipinski definition) is 2. The van der Waals surface area contributed by atoms with Crippen LogP contribution in [0.4, 0.5) is 4.39 Å². The Kier molecular flexibility index (Phi) is 4.79. The van der Waals surface area contributed by atoms with Gasteiger partial charge in [0.2, 0.25) is 0 Å². The van der Waals surface area contributed by atoms with Gasteiger partial charge in [0.1, 0.15) is 11.9 Å². The average molecular weight is 330 g/mol. The minimum atomic E-state index is -0.911. The molecule has 0 bridgehead atoms. The summed E-state index contributed by atoms with van der Waals surface area (Å²) in [6.45, 7) is 3.44. The summed E-state index contributed by atoms with van der Waals surface area (Å²) in [6.07, 6.45) is 2.14. The molecule has 1 aromatic heterocycles. The number of rotatable bonds is 5. The molecule has 2 aromatic rings. The fourth-order valence-electron chi connectivity index (χ4n) is 3.29. The highest BCUT2D eigenvalue weighted by molar-refractivity contribution is 5.89. The summed E-state index contributed by atoms with van der Waals surface area (Å²) < 4.78 is 13.3. The molecule has 0 amide bonds. The number of piperazine rings is 1. The van der Waals surface area contributed by atoms with Crippen LogP contribution < -0.4 is 0 Å². The van der Waals surface area contributed by atoms with E-state index in [4.69, 9.17) is 5.26 Å². The van der Waals surface area contributed by atoms with Gasteiger partial charge in [-0.05, 0) is 18.2 Å². The molecule has 1 aromatic carbocycles. The topological polar surface area (TPSA) is 83.4 Å². The minimum absolute atomic E-state index is 0.353. The number of aromatic nitrogens is 1. The number of nitriles is 1. The fourth-order valence-corrected chi connectivity index (χ4v) is 3.29. The summed E-state index contributed by atoms with van der Waals surface area (Å²) in [7, 11) is 0. The van der Waals surface area contributed by atoms with Gasteiger partial charge in [0.05, 0.1) is 6.07 Å². The van der Waals surface area contributed by atoms with Crippen molar-refractivity contribution in [3.63, 3.8) is 0 Å². The van der Waals surface area contributed by atoms with E-state index in [1.165, 1.54) is 12.1 Å². The third-order valence-corrected chi connectivity index (χ3v) is 4.52. The van der Waals surface area contributed by atoms with Crippen molar-refractivity contribution in [1.29, 1.82) is 5.26 Å². The Morgan fingerprint density at radius 2 is 2.12 bits per heavy atom. The number of hydrogen-bond acceptors (Lipinski definition) is 4. The van der Waals surface area contributed by atoms with E-state index in [1.54, 1.807) is 12.3 Å². The molecule has 24 heavy (non-hydrogen) atoms. The van der Waals surface area contributed by atoms with Crippen molar-refractivity contribution >= 4 is 16.9 Å². The Labute approximate surface area is 139 Å². The van der Waals surface area contributed by atoms with Crippen molar-refractivity contribution in [2.75, 3.05) is 32.7 Å². The first-order valence-electron chi connectivity index (χ1n) is 7.93. The molecule has 2 heterocycles. The molecular formula is C17H19FN4O2. The number of carboxylic acids is 1. The Balaban J connectivity index is 1.81. The standard InChI is InChI=1S/C17H19FN4O2/c18-12-2-3-13-14(11-20-15(13)10-12)16(17(23)24)22-8-6-21(7-9-22)5-1-4-19/h2-3,10-11,16,20H,1,5-9H2,(H,23,24)/t16-/m0/s1. The first-order chi connectivity index (χ1) is 11.6. The lowest BCUT2D eigenvalue weighted by Crippen LogP contribution is -2.49. The first-order valence-corrected chi connectivity index (χ1v) is 7.93. The summed E-state index contributed by atoms with van der Waals surface area (Å²) in [6, 6.07) is 5.71. The number of carboxylic acid groups (broad SMARTS) is 1. The number of aliphatic carboxylic acids is 1. The number of halogens is 1. The van der Waals surface area contributed by atoms with Crippen LogP contribution in [0.15, 0.2) is 24.4 Å². The second-order valence-corrected chi connectivity index (χ2v) is 5.96. The summed E-state index contributed by atoms with van der Waals surface area (Å²) in [5.74, 6) is -1.26. The molecule has 0 aliphatic carbocycles. The number of benzene rings is 1. The highest BCUT2D eigenvalue weighted by Crippen LogP contribution is 2.30. The number of nitrogens with zero attached hydrogens (tertiary/aromatic N) is 3. The van der Waals surface area contributed by atoms with Gasteiger partial charge in [-0.25, -0.2) is 4.39 Å². The van der Waals surface area contributed by atoms with Crippen LogP contribution in [-0.4, -0.2) is 58.6 Å².